The Morgan fingerprint density at radius 2 is 0.943 bits per heavy atom. The van der Waals surface area contributed by atoms with E-state index in [-0.39, 0.29) is 0 Å². The number of para-hydroxylation sites is 4. The monoisotopic (exact) mass is 911 g/mol. The second-order valence-corrected chi connectivity index (χ2v) is 19.0. The molecule has 0 amide bonds. The van der Waals surface area contributed by atoms with E-state index in [1.807, 2.05) is 59.9 Å². The Hall–Kier alpha value is -9.10. The predicted molar refractivity (Wildman–Crippen MR) is 291 cm³/mol. The molecule has 0 aliphatic rings. The number of hydrogen-bond donors (Lipinski definition) is 0. The Bertz CT molecular complexity index is 4520. The highest BCUT2D eigenvalue weighted by molar-refractivity contribution is 7.26. The van der Waals surface area contributed by atoms with Gasteiger partial charge in [-0.25, -0.2) is 9.97 Å². The van der Waals surface area contributed by atoms with Gasteiger partial charge in [-0.1, -0.05) is 170 Å². The van der Waals surface area contributed by atoms with Crippen LogP contribution in [0.5, 0.6) is 0 Å². The molecule has 0 bridgehead atoms. The third kappa shape index (κ3) is 5.90. The van der Waals surface area contributed by atoms with E-state index in [1.165, 1.54) is 36.5 Å². The minimum atomic E-state index is 0.669. The molecule has 0 saturated heterocycles. The lowest BCUT2D eigenvalue weighted by molar-refractivity contribution is 0.670. The molecule has 6 heteroatoms. The van der Waals surface area contributed by atoms with Crippen molar-refractivity contribution in [3.05, 3.63) is 224 Å². The average molecular weight is 912 g/mol. The summed E-state index contributed by atoms with van der Waals surface area (Å²) in [6.07, 6.45) is 0. The highest BCUT2D eigenvalue weighted by Gasteiger charge is 2.22. The van der Waals surface area contributed by atoms with Crippen molar-refractivity contribution in [2.75, 3.05) is 0 Å². The van der Waals surface area contributed by atoms with Gasteiger partial charge in [-0.05, 0) is 65.7 Å². The van der Waals surface area contributed by atoms with Gasteiger partial charge in [-0.3, -0.25) is 0 Å². The minimum absolute atomic E-state index is 0.669. The van der Waals surface area contributed by atoms with Gasteiger partial charge in [0.15, 0.2) is 5.82 Å². The summed E-state index contributed by atoms with van der Waals surface area (Å²) in [5.41, 5.74) is 15.7. The van der Waals surface area contributed by atoms with Crippen molar-refractivity contribution in [1.29, 1.82) is 0 Å². The zero-order valence-electron chi connectivity index (χ0n) is 37.4. The van der Waals surface area contributed by atoms with Crippen LogP contribution in [0, 0.1) is 0 Å². The molecule has 0 aliphatic heterocycles. The highest BCUT2D eigenvalue weighted by atomic mass is 32.1. The minimum Gasteiger partial charge on any atom is -0.455 e. The number of thiophene rings is 1. The van der Waals surface area contributed by atoms with Crippen LogP contribution < -0.4 is 0 Å². The summed E-state index contributed by atoms with van der Waals surface area (Å²) in [4.78, 5) is 10.3. The quantitative estimate of drug-likeness (QED) is 0.167. The van der Waals surface area contributed by atoms with Gasteiger partial charge in [0.05, 0.1) is 22.4 Å². The number of rotatable bonds is 6. The molecule has 0 spiro atoms. The first-order valence-corrected chi connectivity index (χ1v) is 24.4. The standard InChI is InChI=1S/C64H37N3O2S/c1-3-14-39(15-4-1)53-37-54(66-64(65-53)40-16-5-2-6-17-40)51-25-13-24-49-48-23-12-21-44(61(48)69-62(49)51)41-30-34-55-52(36-41)59-56(35-33-50-46-19-8-10-27-58(46)70-63(50)59)67(55)42-31-28-38(29-32-42)43-20-11-22-47-45-18-7-9-26-57(45)68-60(43)47/h1-37H. The lowest BCUT2D eigenvalue weighted by atomic mass is 9.99. The maximum Gasteiger partial charge on any atom is 0.160 e. The molecule has 0 radical (unpaired) electrons. The topological polar surface area (TPSA) is 57.0 Å². The van der Waals surface area contributed by atoms with Gasteiger partial charge in [0.2, 0.25) is 0 Å². The summed E-state index contributed by atoms with van der Waals surface area (Å²) in [6.45, 7) is 0. The molecule has 0 atom stereocenters. The second kappa shape index (κ2) is 15.2. The van der Waals surface area contributed by atoms with Crippen molar-refractivity contribution in [2.45, 2.75) is 0 Å². The maximum absolute atomic E-state index is 7.12. The van der Waals surface area contributed by atoms with Crippen LogP contribution in [0.2, 0.25) is 0 Å². The number of benzene rings is 10. The van der Waals surface area contributed by atoms with Crippen LogP contribution in [0.4, 0.5) is 0 Å². The van der Waals surface area contributed by atoms with Crippen molar-refractivity contribution in [1.82, 2.24) is 14.5 Å². The SMILES string of the molecule is c1ccc(-c2cc(-c3cccc4c3oc3c(-c5ccc6c(c5)c5c7sc8ccccc8c7ccc5n6-c5ccc(-c6cccc7c6oc6ccccc67)cc5)cccc34)nc(-c3ccccc3)n2)cc1. The molecular weight excluding hydrogens is 875 g/mol. The summed E-state index contributed by atoms with van der Waals surface area (Å²) < 4.78 is 18.6. The first kappa shape index (κ1) is 38.9. The Balaban J connectivity index is 0.910. The average Bonchev–Trinajstić information content (AvgIpc) is 4.20. The Kier molecular flexibility index (Phi) is 8.46. The van der Waals surface area contributed by atoms with E-state index >= 15 is 0 Å². The molecule has 5 nitrogen and oxygen atoms in total. The number of hydrogen-bond acceptors (Lipinski definition) is 5. The third-order valence-electron chi connectivity index (χ3n) is 14.1. The lowest BCUT2D eigenvalue weighted by Gasteiger charge is -2.10. The van der Waals surface area contributed by atoms with Crippen molar-refractivity contribution in [3.8, 4) is 61.8 Å². The summed E-state index contributed by atoms with van der Waals surface area (Å²) in [6, 6.07) is 79.4. The second-order valence-electron chi connectivity index (χ2n) is 18.0. The van der Waals surface area contributed by atoms with Crippen LogP contribution in [0.25, 0.3) is 148 Å². The molecule has 0 unspecified atom stereocenters. The fourth-order valence-electron chi connectivity index (χ4n) is 10.8. The van der Waals surface area contributed by atoms with Crippen molar-refractivity contribution in [2.24, 2.45) is 0 Å². The Morgan fingerprint density at radius 3 is 1.73 bits per heavy atom. The first-order valence-electron chi connectivity index (χ1n) is 23.5. The van der Waals surface area contributed by atoms with Gasteiger partial charge >= 0.3 is 0 Å². The molecule has 5 aromatic heterocycles. The summed E-state index contributed by atoms with van der Waals surface area (Å²) in [7, 11) is 0. The van der Waals surface area contributed by atoms with Crippen LogP contribution in [0.1, 0.15) is 0 Å². The van der Waals surface area contributed by atoms with E-state index in [2.05, 4.69) is 180 Å². The van der Waals surface area contributed by atoms with Crippen molar-refractivity contribution < 1.29 is 8.83 Å². The summed E-state index contributed by atoms with van der Waals surface area (Å²) >= 11 is 1.87. The molecule has 0 N–H and O–H groups in total. The number of furan rings is 2. The zero-order valence-corrected chi connectivity index (χ0v) is 38.2. The van der Waals surface area contributed by atoms with E-state index in [0.29, 0.717) is 5.82 Å². The first-order chi connectivity index (χ1) is 34.7. The van der Waals surface area contributed by atoms with E-state index in [1.54, 1.807) is 0 Å². The molecule has 326 valence electrons. The summed E-state index contributed by atoms with van der Waals surface area (Å²) in [5, 5.41) is 9.35. The van der Waals surface area contributed by atoms with Crippen LogP contribution in [-0.4, -0.2) is 14.5 Å². The largest absolute Gasteiger partial charge is 0.455 e. The number of aromatic nitrogens is 3. The van der Waals surface area contributed by atoms with E-state index < -0.39 is 0 Å². The van der Waals surface area contributed by atoms with E-state index in [4.69, 9.17) is 18.8 Å². The van der Waals surface area contributed by atoms with Gasteiger partial charge < -0.3 is 13.4 Å². The molecule has 15 aromatic rings. The van der Waals surface area contributed by atoms with Crippen LogP contribution in [0.3, 0.4) is 0 Å². The normalized spacial score (nSPS) is 12.0. The van der Waals surface area contributed by atoms with Gasteiger partial charge in [0.25, 0.3) is 0 Å². The lowest BCUT2D eigenvalue weighted by Crippen LogP contribution is -1.96. The number of fused-ring (bicyclic) bond motifs is 13. The molecular formula is C64H37N3O2S. The molecule has 5 heterocycles. The van der Waals surface area contributed by atoms with Gasteiger partial charge in [-0.2, -0.15) is 0 Å². The van der Waals surface area contributed by atoms with Gasteiger partial charge in [0.1, 0.15) is 22.3 Å². The Morgan fingerprint density at radius 1 is 0.357 bits per heavy atom. The van der Waals surface area contributed by atoms with E-state index in [9.17, 15) is 0 Å². The maximum atomic E-state index is 7.12. The fourth-order valence-corrected chi connectivity index (χ4v) is 12.1. The summed E-state index contributed by atoms with van der Waals surface area (Å²) in [5.74, 6) is 0.669. The molecule has 0 aliphatic carbocycles. The van der Waals surface area contributed by atoms with Gasteiger partial charge in [-0.15, -0.1) is 11.3 Å². The van der Waals surface area contributed by atoms with Crippen molar-refractivity contribution in [3.63, 3.8) is 0 Å². The van der Waals surface area contributed by atoms with Crippen LogP contribution in [-0.2, 0) is 0 Å². The molecule has 0 fully saturated rings. The fraction of sp³-hybridized carbons (Fsp3) is 0. The van der Waals surface area contributed by atoms with Gasteiger partial charge in [0, 0.05) is 86.0 Å². The molecule has 0 saturated carbocycles. The Labute approximate surface area is 404 Å². The smallest absolute Gasteiger partial charge is 0.160 e. The molecule has 70 heavy (non-hydrogen) atoms. The van der Waals surface area contributed by atoms with Crippen molar-refractivity contribution >= 4 is 97.2 Å². The molecule has 10 aromatic carbocycles. The highest BCUT2D eigenvalue weighted by Crippen LogP contribution is 2.46. The van der Waals surface area contributed by atoms with Crippen LogP contribution >= 0.6 is 11.3 Å². The predicted octanol–water partition coefficient (Wildman–Crippen LogP) is 18.1. The van der Waals surface area contributed by atoms with E-state index in [0.717, 1.165) is 105 Å². The van der Waals surface area contributed by atoms with Crippen LogP contribution in [0.15, 0.2) is 233 Å². The molecule has 15 rings (SSSR count). The zero-order chi connectivity index (χ0) is 45.9. The third-order valence-corrected chi connectivity index (χ3v) is 15.3. The number of nitrogens with zero attached hydrogens (tertiary/aromatic N) is 3.